The van der Waals surface area contributed by atoms with Gasteiger partial charge in [-0.2, -0.15) is 0 Å². The molecule has 0 saturated heterocycles. The second-order valence-electron chi connectivity index (χ2n) is 4.03. The minimum atomic E-state index is -0.144. The molecule has 1 aromatic rings. The van der Waals surface area contributed by atoms with E-state index in [4.69, 9.17) is 16.4 Å². The summed E-state index contributed by atoms with van der Waals surface area (Å²) >= 11 is 7.00. The van der Waals surface area contributed by atoms with Crippen LogP contribution >= 0.6 is 23.1 Å². The molecule has 102 valence electrons. The van der Waals surface area contributed by atoms with Crippen molar-refractivity contribution in [1.82, 2.24) is 3.96 Å². The van der Waals surface area contributed by atoms with E-state index < -0.39 is 0 Å². The Morgan fingerprint density at radius 3 is 2.72 bits per heavy atom. The first-order chi connectivity index (χ1) is 8.69. The average Bonchev–Trinajstić information content (AvgIpc) is 2.67. The largest absolute Gasteiger partial charge is 0.398 e. The zero-order chi connectivity index (χ0) is 13.4. The first-order valence-corrected chi connectivity index (χ1v) is 7.33. The van der Waals surface area contributed by atoms with Gasteiger partial charge in [-0.3, -0.25) is 4.79 Å². The first kappa shape index (κ1) is 15.2. The van der Waals surface area contributed by atoms with Crippen LogP contribution in [0.15, 0.2) is 16.0 Å². The Morgan fingerprint density at radius 1 is 1.44 bits per heavy atom. The zero-order valence-electron chi connectivity index (χ0n) is 10.8. The Kier molecular flexibility index (Phi) is 7.05. The van der Waals surface area contributed by atoms with E-state index in [-0.39, 0.29) is 5.56 Å². The lowest BCUT2D eigenvalue weighted by atomic mass is 10.1. The summed E-state index contributed by atoms with van der Waals surface area (Å²) in [6.07, 6.45) is 6.57. The summed E-state index contributed by atoms with van der Waals surface area (Å²) in [5.74, 6) is 0.635. The molecule has 0 saturated carbocycles. The van der Waals surface area contributed by atoms with Gasteiger partial charge < -0.3 is 4.84 Å². The van der Waals surface area contributed by atoms with E-state index in [1.165, 1.54) is 47.9 Å². The minimum absolute atomic E-state index is 0.144. The van der Waals surface area contributed by atoms with Crippen molar-refractivity contribution in [3.63, 3.8) is 0 Å². The molecule has 1 aromatic heterocycles. The molecule has 0 aliphatic rings. The molecule has 0 atom stereocenters. The van der Waals surface area contributed by atoms with Gasteiger partial charge in [0.1, 0.15) is 11.4 Å². The highest BCUT2D eigenvalue weighted by atomic mass is 35.5. The van der Waals surface area contributed by atoms with E-state index in [1.807, 2.05) is 0 Å². The summed E-state index contributed by atoms with van der Waals surface area (Å²) < 4.78 is 1.96. The molecule has 1 rings (SSSR count). The van der Waals surface area contributed by atoms with Crippen LogP contribution in [-0.4, -0.2) is 16.9 Å². The molecule has 18 heavy (non-hydrogen) atoms. The molecule has 0 aliphatic heterocycles. The van der Waals surface area contributed by atoms with Crippen LogP contribution in [0.4, 0.5) is 0 Å². The van der Waals surface area contributed by atoms with Crippen molar-refractivity contribution >= 4 is 29.0 Å². The molecule has 6 heteroatoms. The van der Waals surface area contributed by atoms with E-state index >= 15 is 0 Å². The molecule has 0 aliphatic carbocycles. The number of rotatable bonds is 7. The molecule has 0 spiro atoms. The van der Waals surface area contributed by atoms with Crippen molar-refractivity contribution < 1.29 is 4.84 Å². The number of oxime groups is 1. The number of unbranched alkanes of at least 4 members (excludes halogenated alkanes) is 4. The van der Waals surface area contributed by atoms with E-state index in [0.29, 0.717) is 10.2 Å². The Labute approximate surface area is 116 Å². The van der Waals surface area contributed by atoms with Gasteiger partial charge in [-0.1, -0.05) is 49.4 Å². The maximum absolute atomic E-state index is 11.6. The van der Waals surface area contributed by atoms with Crippen LogP contribution in [-0.2, 0) is 4.84 Å². The van der Waals surface area contributed by atoms with E-state index in [9.17, 15) is 4.79 Å². The van der Waals surface area contributed by atoms with Gasteiger partial charge >= 0.3 is 0 Å². The molecule has 0 radical (unpaired) electrons. The third-order valence-electron chi connectivity index (χ3n) is 2.55. The second-order valence-corrected chi connectivity index (χ2v) is 5.65. The van der Waals surface area contributed by atoms with Crippen LogP contribution in [0.2, 0.25) is 4.34 Å². The van der Waals surface area contributed by atoms with Gasteiger partial charge in [-0.15, -0.1) is 0 Å². The van der Waals surface area contributed by atoms with Gasteiger partial charge in [0, 0.05) is 12.5 Å². The Hall–Kier alpha value is -0.810. The monoisotopic (exact) mass is 290 g/mol. The summed E-state index contributed by atoms with van der Waals surface area (Å²) in [5.41, 5.74) is -0.144. The van der Waals surface area contributed by atoms with Gasteiger partial charge in [0.25, 0.3) is 5.56 Å². The fraction of sp³-hybridized carbons (Fsp3) is 0.667. The summed E-state index contributed by atoms with van der Waals surface area (Å²) in [5, 5.41) is 3.92. The third-order valence-corrected chi connectivity index (χ3v) is 3.73. The number of hydrogen-bond donors (Lipinski definition) is 0. The van der Waals surface area contributed by atoms with Crippen molar-refractivity contribution in [1.29, 1.82) is 0 Å². The topological polar surface area (TPSA) is 43.6 Å². The van der Waals surface area contributed by atoms with E-state index in [1.54, 1.807) is 0 Å². The highest BCUT2D eigenvalue weighted by Gasteiger charge is 2.09. The van der Waals surface area contributed by atoms with Crippen molar-refractivity contribution in [2.45, 2.75) is 45.4 Å². The fourth-order valence-corrected chi connectivity index (χ4v) is 2.67. The molecule has 1 heterocycles. The maximum atomic E-state index is 11.6. The lowest BCUT2D eigenvalue weighted by Gasteiger charge is -2.04. The Morgan fingerprint density at radius 2 is 2.17 bits per heavy atom. The quantitative estimate of drug-likeness (QED) is 0.332. The lowest BCUT2D eigenvalue weighted by Crippen LogP contribution is -2.21. The van der Waals surface area contributed by atoms with Gasteiger partial charge in [-0.25, -0.2) is 3.96 Å². The van der Waals surface area contributed by atoms with Crippen molar-refractivity contribution in [2.24, 2.45) is 5.16 Å². The van der Waals surface area contributed by atoms with Gasteiger partial charge in [-0.05, 0) is 18.0 Å². The highest BCUT2D eigenvalue weighted by molar-refractivity contribution is 7.12. The fourth-order valence-electron chi connectivity index (χ4n) is 1.67. The predicted octanol–water partition coefficient (Wildman–Crippen LogP) is 3.73. The number of aromatic nitrogens is 1. The average molecular weight is 291 g/mol. The molecular formula is C12H19ClN2O2S. The standard InChI is InChI=1S/C12H19ClN2O2S/c1-3-4-5-6-7-8-11(14-17-2)15-12(16)9-10(13)18-15/h9H,3-8H2,1-2H3. The molecule has 0 amide bonds. The SMILES string of the molecule is CCCCCCCC(=NOC)n1sc(Cl)cc1=O. The maximum Gasteiger partial charge on any atom is 0.267 e. The Balaban J connectivity index is 2.59. The van der Waals surface area contributed by atoms with Crippen molar-refractivity contribution in [2.75, 3.05) is 7.11 Å². The minimum Gasteiger partial charge on any atom is -0.398 e. The van der Waals surface area contributed by atoms with Crippen LogP contribution in [0, 0.1) is 0 Å². The van der Waals surface area contributed by atoms with Crippen LogP contribution in [0.1, 0.15) is 45.4 Å². The first-order valence-electron chi connectivity index (χ1n) is 6.18. The molecule has 0 bridgehead atoms. The predicted molar refractivity (Wildman–Crippen MR) is 76.8 cm³/mol. The molecule has 4 nitrogen and oxygen atoms in total. The lowest BCUT2D eigenvalue weighted by molar-refractivity contribution is 0.211. The summed E-state index contributed by atoms with van der Waals surface area (Å²) in [6.45, 7) is 2.19. The smallest absolute Gasteiger partial charge is 0.267 e. The summed E-state index contributed by atoms with van der Waals surface area (Å²) in [6, 6.07) is 1.40. The van der Waals surface area contributed by atoms with Gasteiger partial charge in [0.15, 0.2) is 5.84 Å². The van der Waals surface area contributed by atoms with Crippen molar-refractivity contribution in [3.05, 3.63) is 20.8 Å². The Bertz CT molecular complexity index is 440. The van der Waals surface area contributed by atoms with E-state index in [0.717, 1.165) is 19.3 Å². The molecule has 0 unspecified atom stereocenters. The highest BCUT2D eigenvalue weighted by Crippen LogP contribution is 2.14. The number of hydrogen-bond acceptors (Lipinski definition) is 4. The van der Waals surface area contributed by atoms with Gasteiger partial charge in [0.2, 0.25) is 0 Å². The summed E-state index contributed by atoms with van der Waals surface area (Å²) in [7, 11) is 1.48. The zero-order valence-corrected chi connectivity index (χ0v) is 12.4. The van der Waals surface area contributed by atoms with Crippen LogP contribution in [0.25, 0.3) is 0 Å². The van der Waals surface area contributed by atoms with E-state index in [2.05, 4.69) is 12.1 Å². The summed E-state index contributed by atoms with van der Waals surface area (Å²) in [4.78, 5) is 16.4. The molecule has 0 N–H and O–H groups in total. The van der Waals surface area contributed by atoms with Crippen LogP contribution < -0.4 is 5.56 Å². The van der Waals surface area contributed by atoms with Gasteiger partial charge in [0.05, 0.1) is 0 Å². The normalized spacial score (nSPS) is 11.8. The third kappa shape index (κ3) is 4.82. The molecule has 0 fully saturated rings. The number of halogens is 1. The van der Waals surface area contributed by atoms with Crippen LogP contribution in [0.3, 0.4) is 0 Å². The second kappa shape index (κ2) is 8.32. The number of nitrogens with zero attached hydrogens (tertiary/aromatic N) is 2. The molecular weight excluding hydrogens is 272 g/mol. The molecule has 0 aromatic carbocycles. The van der Waals surface area contributed by atoms with Crippen LogP contribution in [0.5, 0.6) is 0 Å². The van der Waals surface area contributed by atoms with Crippen molar-refractivity contribution in [3.8, 4) is 0 Å².